The van der Waals surface area contributed by atoms with Crippen LogP contribution in [0, 0.1) is 6.92 Å². The molecule has 2 N–H and O–H groups in total. The second-order valence-electron chi connectivity index (χ2n) is 8.29. The lowest BCUT2D eigenvalue weighted by molar-refractivity contribution is -0.139. The fourth-order valence-corrected chi connectivity index (χ4v) is 5.22. The van der Waals surface area contributed by atoms with Gasteiger partial charge in [-0.3, -0.25) is 0 Å². The van der Waals surface area contributed by atoms with Gasteiger partial charge in [-0.2, -0.15) is 0 Å². The van der Waals surface area contributed by atoms with Crippen LogP contribution >= 0.6 is 11.8 Å². The SMILES string of the molecule is Cc1cc(CNc2ccc(CF)cc2)ccc1Sc1ccc(OCC(=O)O)c2c1CCCC2. The van der Waals surface area contributed by atoms with Crippen LogP contribution in [0.25, 0.3) is 0 Å². The molecule has 0 unspecified atom stereocenters. The van der Waals surface area contributed by atoms with Crippen molar-refractivity contribution in [1.29, 1.82) is 0 Å². The quantitative estimate of drug-likeness (QED) is 0.374. The summed E-state index contributed by atoms with van der Waals surface area (Å²) in [5, 5.41) is 12.3. The molecule has 0 aliphatic heterocycles. The van der Waals surface area contributed by atoms with Crippen molar-refractivity contribution in [3.05, 3.63) is 82.4 Å². The maximum Gasteiger partial charge on any atom is 0.341 e. The second-order valence-corrected chi connectivity index (χ2v) is 9.38. The van der Waals surface area contributed by atoms with E-state index in [1.54, 1.807) is 23.9 Å². The van der Waals surface area contributed by atoms with E-state index in [4.69, 9.17) is 9.84 Å². The molecule has 0 amide bonds. The summed E-state index contributed by atoms with van der Waals surface area (Å²) in [6, 6.07) is 17.9. The summed E-state index contributed by atoms with van der Waals surface area (Å²) in [5.41, 5.74) is 6.50. The highest BCUT2D eigenvalue weighted by molar-refractivity contribution is 7.99. The molecule has 0 saturated carbocycles. The minimum atomic E-state index is -0.958. The van der Waals surface area contributed by atoms with E-state index in [0.29, 0.717) is 17.9 Å². The first-order valence-corrected chi connectivity index (χ1v) is 12.0. The fraction of sp³-hybridized carbons (Fsp3) is 0.296. The van der Waals surface area contributed by atoms with Gasteiger partial charge >= 0.3 is 5.97 Å². The van der Waals surface area contributed by atoms with E-state index in [9.17, 15) is 9.18 Å². The molecule has 0 radical (unpaired) electrons. The van der Waals surface area contributed by atoms with Crippen LogP contribution in [0.5, 0.6) is 5.75 Å². The van der Waals surface area contributed by atoms with Crippen LogP contribution in [0.4, 0.5) is 10.1 Å². The number of aryl methyl sites for hydroxylation is 1. The molecule has 0 fully saturated rings. The zero-order valence-electron chi connectivity index (χ0n) is 18.7. The predicted molar refractivity (Wildman–Crippen MR) is 130 cm³/mol. The van der Waals surface area contributed by atoms with Crippen LogP contribution in [0.2, 0.25) is 0 Å². The first kappa shape index (κ1) is 23.2. The predicted octanol–water partition coefficient (Wildman–Crippen LogP) is 6.57. The maximum absolute atomic E-state index is 12.7. The van der Waals surface area contributed by atoms with Gasteiger partial charge in [0.05, 0.1) is 0 Å². The van der Waals surface area contributed by atoms with Gasteiger partial charge in [-0.1, -0.05) is 36.0 Å². The number of carbonyl (C=O) groups is 1. The van der Waals surface area contributed by atoms with Crippen molar-refractivity contribution < 1.29 is 19.0 Å². The van der Waals surface area contributed by atoms with Gasteiger partial charge < -0.3 is 15.2 Å². The number of halogens is 1. The third-order valence-electron chi connectivity index (χ3n) is 5.86. The van der Waals surface area contributed by atoms with Gasteiger partial charge in [0.25, 0.3) is 0 Å². The summed E-state index contributed by atoms with van der Waals surface area (Å²) in [5.74, 6) is -0.255. The Morgan fingerprint density at radius 3 is 2.39 bits per heavy atom. The Bertz CT molecular complexity index is 1130. The van der Waals surface area contributed by atoms with Gasteiger partial charge in [-0.25, -0.2) is 9.18 Å². The molecule has 0 heterocycles. The van der Waals surface area contributed by atoms with Gasteiger partial charge in [-0.05, 0) is 90.8 Å². The average molecular weight is 466 g/mol. The molecule has 0 bridgehead atoms. The van der Waals surface area contributed by atoms with Crippen molar-refractivity contribution in [1.82, 2.24) is 0 Å². The summed E-state index contributed by atoms with van der Waals surface area (Å²) < 4.78 is 18.2. The molecule has 6 heteroatoms. The summed E-state index contributed by atoms with van der Waals surface area (Å²) in [6.45, 7) is 2.07. The van der Waals surface area contributed by atoms with Crippen molar-refractivity contribution in [2.75, 3.05) is 11.9 Å². The Morgan fingerprint density at radius 2 is 1.70 bits per heavy atom. The minimum absolute atomic E-state index is 0.312. The molecule has 4 nitrogen and oxygen atoms in total. The Kier molecular flexibility index (Phi) is 7.55. The zero-order valence-corrected chi connectivity index (χ0v) is 19.5. The Hall–Kier alpha value is -2.99. The van der Waals surface area contributed by atoms with E-state index in [-0.39, 0.29) is 6.61 Å². The summed E-state index contributed by atoms with van der Waals surface area (Å²) in [7, 11) is 0. The lowest BCUT2D eigenvalue weighted by Gasteiger charge is -2.22. The fourth-order valence-electron chi connectivity index (χ4n) is 4.14. The molecule has 1 aliphatic carbocycles. The Balaban J connectivity index is 1.47. The minimum Gasteiger partial charge on any atom is -0.482 e. The number of hydrogen-bond donors (Lipinski definition) is 2. The summed E-state index contributed by atoms with van der Waals surface area (Å²) in [4.78, 5) is 13.3. The normalized spacial score (nSPS) is 12.8. The lowest BCUT2D eigenvalue weighted by atomic mass is 9.91. The van der Waals surface area contributed by atoms with E-state index in [1.807, 2.05) is 18.2 Å². The van der Waals surface area contributed by atoms with E-state index >= 15 is 0 Å². The molecule has 3 aromatic rings. The molecule has 4 rings (SSSR count). The third kappa shape index (κ3) is 5.88. The Morgan fingerprint density at radius 1 is 1.00 bits per heavy atom. The molecule has 172 valence electrons. The molecule has 0 atom stereocenters. The highest BCUT2D eigenvalue weighted by Crippen LogP contribution is 2.40. The number of aliphatic carboxylic acids is 1. The topological polar surface area (TPSA) is 58.6 Å². The van der Waals surface area contributed by atoms with E-state index in [1.165, 1.54) is 26.5 Å². The number of benzene rings is 3. The largest absolute Gasteiger partial charge is 0.482 e. The van der Waals surface area contributed by atoms with Crippen LogP contribution in [0.15, 0.2) is 64.4 Å². The van der Waals surface area contributed by atoms with Crippen molar-refractivity contribution >= 4 is 23.4 Å². The zero-order chi connectivity index (χ0) is 23.2. The van der Waals surface area contributed by atoms with Gasteiger partial charge in [0, 0.05) is 22.0 Å². The van der Waals surface area contributed by atoms with Gasteiger partial charge in [0.15, 0.2) is 6.61 Å². The summed E-state index contributed by atoms with van der Waals surface area (Å²) >= 11 is 1.76. The molecular weight excluding hydrogens is 437 g/mol. The van der Waals surface area contributed by atoms with Crippen LogP contribution in [-0.2, 0) is 30.9 Å². The van der Waals surface area contributed by atoms with Crippen LogP contribution < -0.4 is 10.1 Å². The lowest BCUT2D eigenvalue weighted by Crippen LogP contribution is -2.13. The number of carboxylic acids is 1. The molecule has 33 heavy (non-hydrogen) atoms. The van der Waals surface area contributed by atoms with E-state index in [0.717, 1.165) is 36.9 Å². The smallest absolute Gasteiger partial charge is 0.341 e. The standard InChI is InChI=1S/C27H28FNO3S/c1-18-14-20(16-29-21-9-6-19(15-28)7-10-21)8-12-25(18)33-26-13-11-24(32-17-27(30)31)22-4-2-3-5-23(22)26/h6-14,29H,2-5,15-17H2,1H3,(H,30,31). The second kappa shape index (κ2) is 10.8. The van der Waals surface area contributed by atoms with Gasteiger partial charge in [0.1, 0.15) is 12.4 Å². The van der Waals surface area contributed by atoms with Crippen molar-refractivity contribution in [3.8, 4) is 5.75 Å². The first-order chi connectivity index (χ1) is 16.0. The molecule has 1 aliphatic rings. The highest BCUT2D eigenvalue weighted by atomic mass is 32.2. The number of carboxylic acid groups (broad SMARTS) is 1. The van der Waals surface area contributed by atoms with E-state index in [2.05, 4.69) is 36.5 Å². The van der Waals surface area contributed by atoms with Crippen molar-refractivity contribution in [3.63, 3.8) is 0 Å². The van der Waals surface area contributed by atoms with Crippen LogP contribution in [0.1, 0.15) is 40.7 Å². The third-order valence-corrected chi connectivity index (χ3v) is 7.14. The monoisotopic (exact) mass is 465 g/mol. The van der Waals surface area contributed by atoms with Crippen LogP contribution in [-0.4, -0.2) is 17.7 Å². The van der Waals surface area contributed by atoms with Gasteiger partial charge in [0.2, 0.25) is 0 Å². The van der Waals surface area contributed by atoms with Crippen molar-refractivity contribution in [2.45, 2.75) is 55.6 Å². The molecule has 0 aromatic heterocycles. The summed E-state index contributed by atoms with van der Waals surface area (Å²) in [6.07, 6.45) is 4.15. The number of alkyl halides is 1. The van der Waals surface area contributed by atoms with E-state index < -0.39 is 12.6 Å². The number of hydrogen-bond acceptors (Lipinski definition) is 4. The number of anilines is 1. The number of ether oxygens (including phenoxy) is 1. The average Bonchev–Trinajstić information content (AvgIpc) is 2.84. The first-order valence-electron chi connectivity index (χ1n) is 11.2. The number of rotatable bonds is 9. The van der Waals surface area contributed by atoms with Crippen LogP contribution in [0.3, 0.4) is 0 Å². The molecule has 3 aromatic carbocycles. The maximum atomic E-state index is 12.7. The van der Waals surface area contributed by atoms with Gasteiger partial charge in [-0.15, -0.1) is 0 Å². The Labute approximate surface area is 198 Å². The number of fused-ring (bicyclic) bond motifs is 1. The molecule has 0 spiro atoms. The highest BCUT2D eigenvalue weighted by Gasteiger charge is 2.19. The van der Waals surface area contributed by atoms with Crippen molar-refractivity contribution in [2.24, 2.45) is 0 Å². The number of nitrogens with one attached hydrogen (secondary N) is 1. The molecular formula is C27H28FNO3S. The molecule has 0 saturated heterocycles.